The van der Waals surface area contributed by atoms with E-state index < -0.39 is 8.32 Å². The van der Waals surface area contributed by atoms with E-state index in [-0.39, 0.29) is 16.5 Å². The maximum absolute atomic E-state index is 13.0. The topological polar surface area (TPSA) is 35.2 Å². The van der Waals surface area contributed by atoms with Crippen LogP contribution in [0.4, 0.5) is 10.1 Å². The molecule has 0 radical (unpaired) electrons. The third kappa shape index (κ3) is 3.54. The van der Waals surface area contributed by atoms with E-state index in [0.717, 1.165) is 5.56 Å². The molecule has 0 spiro atoms. The Morgan fingerprint density at radius 3 is 2.35 bits per heavy atom. The minimum atomic E-state index is -1.75. The second kappa shape index (κ2) is 4.78. The Bertz CT molecular complexity index is 399. The van der Waals surface area contributed by atoms with Crippen LogP contribution in [-0.2, 0) is 11.0 Å². The second-order valence-electron chi connectivity index (χ2n) is 5.90. The zero-order valence-electron chi connectivity index (χ0n) is 11.3. The lowest BCUT2D eigenvalue weighted by molar-refractivity contribution is 0.276. The number of hydrogen-bond acceptors (Lipinski definition) is 2. The van der Waals surface area contributed by atoms with Gasteiger partial charge in [0.1, 0.15) is 5.82 Å². The van der Waals surface area contributed by atoms with E-state index in [0.29, 0.717) is 6.61 Å². The van der Waals surface area contributed by atoms with Crippen molar-refractivity contribution in [1.82, 2.24) is 0 Å². The van der Waals surface area contributed by atoms with Crippen LogP contribution in [0.25, 0.3) is 0 Å². The van der Waals surface area contributed by atoms with E-state index in [1.54, 1.807) is 12.1 Å². The van der Waals surface area contributed by atoms with E-state index in [1.807, 2.05) is 0 Å². The van der Waals surface area contributed by atoms with E-state index >= 15 is 0 Å². The van der Waals surface area contributed by atoms with Crippen molar-refractivity contribution in [3.63, 3.8) is 0 Å². The molecule has 0 aliphatic carbocycles. The van der Waals surface area contributed by atoms with Crippen LogP contribution in [0.3, 0.4) is 0 Å². The van der Waals surface area contributed by atoms with Crippen LogP contribution < -0.4 is 5.73 Å². The van der Waals surface area contributed by atoms with Gasteiger partial charge >= 0.3 is 0 Å². The molecule has 1 aromatic carbocycles. The fourth-order valence-corrected chi connectivity index (χ4v) is 2.12. The molecule has 0 saturated carbocycles. The Hall–Kier alpha value is -0.873. The first kappa shape index (κ1) is 14.2. The Balaban J connectivity index is 2.71. The van der Waals surface area contributed by atoms with Crippen molar-refractivity contribution in [1.29, 1.82) is 0 Å². The van der Waals surface area contributed by atoms with Crippen LogP contribution in [0.15, 0.2) is 18.2 Å². The SMILES string of the molecule is CC(C)(C)[Si](C)(C)OCc1ccc(F)c(N)c1. The van der Waals surface area contributed by atoms with Crippen molar-refractivity contribution in [3.8, 4) is 0 Å². The Morgan fingerprint density at radius 2 is 1.88 bits per heavy atom. The highest BCUT2D eigenvalue weighted by Gasteiger charge is 2.36. The van der Waals surface area contributed by atoms with Crippen molar-refractivity contribution in [2.45, 2.75) is 45.5 Å². The standard InChI is InChI=1S/C13H22FNOSi/c1-13(2,3)17(4,5)16-9-10-6-7-11(14)12(15)8-10/h6-8H,9,15H2,1-5H3. The summed E-state index contributed by atoms with van der Waals surface area (Å²) in [6.07, 6.45) is 0. The summed E-state index contributed by atoms with van der Waals surface area (Å²) < 4.78 is 19.0. The van der Waals surface area contributed by atoms with Crippen LogP contribution in [0.5, 0.6) is 0 Å². The average Bonchev–Trinajstić information content (AvgIpc) is 2.18. The van der Waals surface area contributed by atoms with Crippen LogP contribution in [-0.4, -0.2) is 8.32 Å². The molecule has 0 aliphatic heterocycles. The number of rotatable bonds is 3. The summed E-state index contributed by atoms with van der Waals surface area (Å²) in [5, 5.41) is 0.179. The smallest absolute Gasteiger partial charge is 0.192 e. The van der Waals surface area contributed by atoms with Crippen molar-refractivity contribution < 1.29 is 8.82 Å². The number of hydrogen-bond donors (Lipinski definition) is 1. The maximum Gasteiger partial charge on any atom is 0.192 e. The van der Waals surface area contributed by atoms with Gasteiger partial charge in [0.25, 0.3) is 0 Å². The van der Waals surface area contributed by atoms with E-state index in [1.165, 1.54) is 6.07 Å². The monoisotopic (exact) mass is 255 g/mol. The average molecular weight is 255 g/mol. The first-order valence-electron chi connectivity index (χ1n) is 5.81. The molecule has 2 N–H and O–H groups in total. The predicted octanol–water partition coefficient (Wildman–Crippen LogP) is 3.93. The highest BCUT2D eigenvalue weighted by molar-refractivity contribution is 6.74. The summed E-state index contributed by atoms with van der Waals surface area (Å²) in [7, 11) is -1.75. The van der Waals surface area contributed by atoms with E-state index in [2.05, 4.69) is 33.9 Å². The zero-order chi connectivity index (χ0) is 13.3. The van der Waals surface area contributed by atoms with Gasteiger partial charge in [-0.3, -0.25) is 0 Å². The lowest BCUT2D eigenvalue weighted by atomic mass is 10.2. The summed E-state index contributed by atoms with van der Waals surface area (Å²) in [6.45, 7) is 11.5. The highest BCUT2D eigenvalue weighted by Crippen LogP contribution is 2.37. The Morgan fingerprint density at radius 1 is 1.29 bits per heavy atom. The van der Waals surface area contributed by atoms with Gasteiger partial charge in [0.2, 0.25) is 0 Å². The van der Waals surface area contributed by atoms with Gasteiger partial charge in [-0.25, -0.2) is 4.39 Å². The number of halogens is 1. The number of nitrogen functional groups attached to an aromatic ring is 1. The lowest BCUT2D eigenvalue weighted by Crippen LogP contribution is -2.40. The minimum Gasteiger partial charge on any atom is -0.413 e. The number of anilines is 1. The molecule has 17 heavy (non-hydrogen) atoms. The van der Waals surface area contributed by atoms with E-state index in [9.17, 15) is 4.39 Å². The van der Waals surface area contributed by atoms with Gasteiger partial charge in [-0.15, -0.1) is 0 Å². The highest BCUT2D eigenvalue weighted by atomic mass is 28.4. The molecular formula is C13H22FNOSi. The Labute approximate surface area is 104 Å². The van der Waals surface area contributed by atoms with Crippen molar-refractivity contribution in [3.05, 3.63) is 29.6 Å². The molecule has 4 heteroatoms. The summed E-state index contributed by atoms with van der Waals surface area (Å²) in [5.74, 6) is -0.374. The molecule has 0 fully saturated rings. The van der Waals surface area contributed by atoms with Gasteiger partial charge in [0.15, 0.2) is 8.32 Å². The molecule has 2 nitrogen and oxygen atoms in total. The lowest BCUT2D eigenvalue weighted by Gasteiger charge is -2.36. The fourth-order valence-electron chi connectivity index (χ4n) is 1.16. The van der Waals surface area contributed by atoms with Crippen molar-refractivity contribution in [2.75, 3.05) is 5.73 Å². The van der Waals surface area contributed by atoms with Gasteiger partial charge in [-0.05, 0) is 35.8 Å². The Kier molecular flexibility index (Phi) is 3.99. The van der Waals surface area contributed by atoms with Gasteiger partial charge < -0.3 is 10.2 Å². The van der Waals surface area contributed by atoms with Gasteiger partial charge in [-0.2, -0.15) is 0 Å². The third-order valence-electron chi connectivity index (χ3n) is 3.47. The molecule has 96 valence electrons. The second-order valence-corrected chi connectivity index (χ2v) is 10.7. The van der Waals surface area contributed by atoms with Gasteiger partial charge in [0, 0.05) is 0 Å². The van der Waals surface area contributed by atoms with Gasteiger partial charge in [0.05, 0.1) is 12.3 Å². The van der Waals surface area contributed by atoms with Crippen LogP contribution in [0.2, 0.25) is 18.1 Å². The first-order valence-corrected chi connectivity index (χ1v) is 8.72. The molecular weight excluding hydrogens is 233 g/mol. The summed E-state index contributed by atoms with van der Waals surface area (Å²) >= 11 is 0. The zero-order valence-corrected chi connectivity index (χ0v) is 12.3. The van der Waals surface area contributed by atoms with E-state index in [4.69, 9.17) is 10.2 Å². The molecule has 0 bridgehead atoms. The number of benzene rings is 1. The molecule has 1 rings (SSSR count). The fraction of sp³-hybridized carbons (Fsp3) is 0.538. The normalized spacial score (nSPS) is 12.8. The summed E-state index contributed by atoms with van der Waals surface area (Å²) in [6, 6.07) is 4.75. The van der Waals surface area contributed by atoms with Crippen LogP contribution >= 0.6 is 0 Å². The van der Waals surface area contributed by atoms with Crippen molar-refractivity contribution >= 4 is 14.0 Å². The van der Waals surface area contributed by atoms with Crippen LogP contribution in [0, 0.1) is 5.82 Å². The maximum atomic E-state index is 13.0. The largest absolute Gasteiger partial charge is 0.413 e. The van der Waals surface area contributed by atoms with Crippen LogP contribution in [0.1, 0.15) is 26.3 Å². The number of nitrogens with two attached hydrogens (primary N) is 1. The molecule has 0 heterocycles. The quantitative estimate of drug-likeness (QED) is 0.656. The molecule has 0 aromatic heterocycles. The molecule has 0 atom stereocenters. The molecule has 0 saturated heterocycles. The minimum absolute atomic E-state index is 0.179. The summed E-state index contributed by atoms with van der Waals surface area (Å²) in [4.78, 5) is 0. The van der Waals surface area contributed by atoms with Gasteiger partial charge in [-0.1, -0.05) is 26.8 Å². The third-order valence-corrected chi connectivity index (χ3v) is 7.94. The van der Waals surface area contributed by atoms with Crippen molar-refractivity contribution in [2.24, 2.45) is 0 Å². The molecule has 1 aromatic rings. The molecule has 0 amide bonds. The predicted molar refractivity (Wildman–Crippen MR) is 72.8 cm³/mol. The molecule has 0 aliphatic rings. The molecule has 0 unspecified atom stereocenters. The first-order chi connectivity index (χ1) is 7.63. The summed E-state index contributed by atoms with van der Waals surface area (Å²) in [5.41, 5.74) is 6.63.